The van der Waals surface area contributed by atoms with Crippen LogP contribution in [0.4, 0.5) is 5.69 Å². The molecule has 0 unspecified atom stereocenters. The highest BCUT2D eigenvalue weighted by Crippen LogP contribution is 2.36. The highest BCUT2D eigenvalue weighted by Gasteiger charge is 2.33. The van der Waals surface area contributed by atoms with Crippen LogP contribution in [0, 0.1) is 6.92 Å². The fourth-order valence-corrected chi connectivity index (χ4v) is 4.63. The van der Waals surface area contributed by atoms with Gasteiger partial charge in [-0.15, -0.1) is 0 Å². The van der Waals surface area contributed by atoms with Crippen molar-refractivity contribution in [1.82, 2.24) is 0 Å². The molecule has 3 aromatic rings. The molecular formula is C26H23NO3S2. The van der Waals surface area contributed by atoms with Gasteiger partial charge in [0.25, 0.3) is 5.91 Å². The van der Waals surface area contributed by atoms with Crippen LogP contribution in [0.2, 0.25) is 0 Å². The van der Waals surface area contributed by atoms with Gasteiger partial charge in [-0.25, -0.2) is 0 Å². The maximum Gasteiger partial charge on any atom is 0.270 e. The average molecular weight is 462 g/mol. The Kier molecular flexibility index (Phi) is 6.93. The molecule has 1 fully saturated rings. The van der Waals surface area contributed by atoms with Crippen LogP contribution in [-0.2, 0) is 11.4 Å². The predicted molar refractivity (Wildman–Crippen MR) is 135 cm³/mol. The molecule has 1 amide bonds. The van der Waals surface area contributed by atoms with Gasteiger partial charge in [-0.2, -0.15) is 0 Å². The summed E-state index contributed by atoms with van der Waals surface area (Å²) in [4.78, 5) is 15.1. The molecule has 6 heteroatoms. The molecule has 4 nitrogen and oxygen atoms in total. The Labute approximate surface area is 197 Å². The Bertz CT molecular complexity index is 1150. The van der Waals surface area contributed by atoms with E-state index < -0.39 is 0 Å². The molecule has 1 heterocycles. The number of thiocarbonyl (C=S) groups is 1. The van der Waals surface area contributed by atoms with E-state index >= 15 is 0 Å². The first-order valence-corrected chi connectivity index (χ1v) is 11.5. The van der Waals surface area contributed by atoms with Crippen molar-refractivity contribution in [2.24, 2.45) is 0 Å². The van der Waals surface area contributed by atoms with E-state index in [9.17, 15) is 4.79 Å². The number of hydrogen-bond donors (Lipinski definition) is 0. The second-order valence-electron chi connectivity index (χ2n) is 7.29. The summed E-state index contributed by atoms with van der Waals surface area (Å²) in [5, 5.41) is 0. The minimum absolute atomic E-state index is 0.121. The first kappa shape index (κ1) is 22.1. The van der Waals surface area contributed by atoms with Crippen molar-refractivity contribution in [3.8, 4) is 11.5 Å². The Balaban J connectivity index is 1.43. The maximum absolute atomic E-state index is 13.0. The SMILES string of the molecule is CCOc1ccc(N2C(=O)/C(=C\c3ccc(OCc4cccc(C)c4)cc3)SC2=S)cc1. The van der Waals surface area contributed by atoms with E-state index in [4.69, 9.17) is 21.7 Å². The number of benzene rings is 3. The van der Waals surface area contributed by atoms with Crippen LogP contribution in [0.1, 0.15) is 23.6 Å². The summed E-state index contributed by atoms with van der Waals surface area (Å²) >= 11 is 6.77. The molecule has 0 atom stereocenters. The molecule has 0 bridgehead atoms. The highest BCUT2D eigenvalue weighted by atomic mass is 32.2. The molecule has 3 aromatic carbocycles. The number of anilines is 1. The van der Waals surface area contributed by atoms with Gasteiger partial charge < -0.3 is 9.47 Å². The third kappa shape index (κ3) is 5.21. The molecule has 1 aliphatic rings. The zero-order valence-corrected chi connectivity index (χ0v) is 19.5. The minimum atomic E-state index is -0.121. The van der Waals surface area contributed by atoms with Crippen LogP contribution in [0.5, 0.6) is 11.5 Å². The van der Waals surface area contributed by atoms with Gasteiger partial charge in [0, 0.05) is 0 Å². The minimum Gasteiger partial charge on any atom is -0.494 e. The number of carbonyl (C=O) groups excluding carboxylic acids is 1. The van der Waals surface area contributed by atoms with Crippen LogP contribution in [0.15, 0.2) is 77.7 Å². The Morgan fingerprint density at radius 3 is 2.34 bits per heavy atom. The predicted octanol–water partition coefficient (Wildman–Crippen LogP) is 6.38. The summed E-state index contributed by atoms with van der Waals surface area (Å²) in [5.74, 6) is 1.43. The summed E-state index contributed by atoms with van der Waals surface area (Å²) < 4.78 is 11.9. The number of hydrogen-bond acceptors (Lipinski definition) is 5. The molecule has 0 spiro atoms. The van der Waals surface area contributed by atoms with Crippen LogP contribution in [-0.4, -0.2) is 16.8 Å². The van der Waals surface area contributed by atoms with Gasteiger partial charge >= 0.3 is 0 Å². The Morgan fingerprint density at radius 2 is 1.66 bits per heavy atom. The van der Waals surface area contributed by atoms with E-state index in [0.29, 0.717) is 22.4 Å². The molecule has 1 saturated heterocycles. The molecule has 0 N–H and O–H groups in total. The highest BCUT2D eigenvalue weighted by molar-refractivity contribution is 8.27. The molecule has 0 aliphatic carbocycles. The number of thioether (sulfide) groups is 1. The summed E-state index contributed by atoms with van der Waals surface area (Å²) in [7, 11) is 0. The van der Waals surface area contributed by atoms with E-state index in [1.54, 1.807) is 4.90 Å². The van der Waals surface area contributed by atoms with Crippen LogP contribution >= 0.6 is 24.0 Å². The van der Waals surface area contributed by atoms with Crippen molar-refractivity contribution in [2.75, 3.05) is 11.5 Å². The van der Waals surface area contributed by atoms with E-state index in [-0.39, 0.29) is 5.91 Å². The molecule has 162 valence electrons. The Morgan fingerprint density at radius 1 is 0.969 bits per heavy atom. The third-order valence-electron chi connectivity index (χ3n) is 4.87. The van der Waals surface area contributed by atoms with Gasteiger partial charge in [-0.05, 0) is 67.4 Å². The van der Waals surface area contributed by atoms with Gasteiger partial charge in [-0.3, -0.25) is 9.69 Å². The zero-order valence-electron chi connectivity index (χ0n) is 17.9. The molecule has 0 saturated carbocycles. The van der Waals surface area contributed by atoms with Crippen LogP contribution in [0.25, 0.3) is 6.08 Å². The second-order valence-corrected chi connectivity index (χ2v) is 8.97. The number of carbonyl (C=O) groups is 1. The lowest BCUT2D eigenvalue weighted by Gasteiger charge is -2.15. The monoisotopic (exact) mass is 461 g/mol. The molecule has 32 heavy (non-hydrogen) atoms. The summed E-state index contributed by atoms with van der Waals surface area (Å²) in [6.07, 6.45) is 1.86. The molecule has 1 aliphatic heterocycles. The largest absolute Gasteiger partial charge is 0.494 e. The third-order valence-corrected chi connectivity index (χ3v) is 6.17. The number of nitrogens with zero attached hydrogens (tertiary/aromatic N) is 1. The smallest absolute Gasteiger partial charge is 0.270 e. The van der Waals surface area contributed by atoms with Crippen molar-refractivity contribution in [3.63, 3.8) is 0 Å². The van der Waals surface area contributed by atoms with Crippen LogP contribution < -0.4 is 14.4 Å². The quantitative estimate of drug-likeness (QED) is 0.302. The normalized spacial score (nSPS) is 14.8. The first-order chi connectivity index (χ1) is 15.5. The summed E-state index contributed by atoms with van der Waals surface area (Å²) in [5.41, 5.74) is 4.00. The van der Waals surface area contributed by atoms with Crippen molar-refractivity contribution in [1.29, 1.82) is 0 Å². The van der Waals surface area contributed by atoms with E-state index in [2.05, 4.69) is 19.1 Å². The van der Waals surface area contributed by atoms with Gasteiger partial charge in [-0.1, -0.05) is 65.9 Å². The molecule has 0 aromatic heterocycles. The standard InChI is InChI=1S/C26H23NO3S2/c1-3-29-22-13-9-21(10-14-22)27-25(28)24(32-26(27)31)16-19-7-11-23(12-8-19)30-17-20-6-4-5-18(2)15-20/h4-16H,3,17H2,1-2H3/b24-16+. The number of amides is 1. The lowest BCUT2D eigenvalue weighted by molar-refractivity contribution is -0.113. The lowest BCUT2D eigenvalue weighted by atomic mass is 10.1. The zero-order chi connectivity index (χ0) is 22.5. The van der Waals surface area contributed by atoms with E-state index in [1.807, 2.05) is 73.7 Å². The number of ether oxygens (including phenoxy) is 2. The summed E-state index contributed by atoms with van der Waals surface area (Å²) in [6.45, 7) is 5.11. The number of aryl methyl sites for hydroxylation is 1. The van der Waals surface area contributed by atoms with Crippen LogP contribution in [0.3, 0.4) is 0 Å². The Hall–Kier alpha value is -3.09. The lowest BCUT2D eigenvalue weighted by Crippen LogP contribution is -2.27. The van der Waals surface area contributed by atoms with Gasteiger partial charge in [0.15, 0.2) is 4.32 Å². The van der Waals surface area contributed by atoms with Gasteiger partial charge in [0.1, 0.15) is 18.1 Å². The van der Waals surface area contributed by atoms with E-state index in [0.717, 1.165) is 28.3 Å². The maximum atomic E-state index is 13.0. The molecule has 0 radical (unpaired) electrons. The second kappa shape index (κ2) is 10.0. The van der Waals surface area contributed by atoms with Gasteiger partial charge in [0.2, 0.25) is 0 Å². The van der Waals surface area contributed by atoms with Gasteiger partial charge in [0.05, 0.1) is 17.2 Å². The summed E-state index contributed by atoms with van der Waals surface area (Å²) in [6, 6.07) is 23.3. The topological polar surface area (TPSA) is 38.8 Å². The molecular weight excluding hydrogens is 438 g/mol. The fraction of sp³-hybridized carbons (Fsp3) is 0.154. The van der Waals surface area contributed by atoms with Crippen molar-refractivity contribution < 1.29 is 14.3 Å². The van der Waals surface area contributed by atoms with Crippen molar-refractivity contribution in [3.05, 3.63) is 94.4 Å². The van der Waals surface area contributed by atoms with E-state index in [1.165, 1.54) is 17.3 Å². The average Bonchev–Trinajstić information content (AvgIpc) is 3.07. The first-order valence-electron chi connectivity index (χ1n) is 10.3. The fourth-order valence-electron chi connectivity index (χ4n) is 3.33. The molecule has 4 rings (SSSR count). The van der Waals surface area contributed by atoms with Crippen molar-refractivity contribution in [2.45, 2.75) is 20.5 Å². The van der Waals surface area contributed by atoms with Crippen molar-refractivity contribution >= 4 is 46.0 Å². The number of rotatable bonds is 7.